The average Bonchev–Trinajstić information content (AvgIpc) is 3.38. The Morgan fingerprint density at radius 1 is 0.472 bits per heavy atom. The number of unbranched alkanes of at least 4 members (excludes halogenated alkanes) is 31. The zero-order valence-electron chi connectivity index (χ0n) is 46.4. The van der Waals surface area contributed by atoms with Crippen LogP contribution < -0.4 is 5.32 Å². The van der Waals surface area contributed by atoms with Gasteiger partial charge in [-0.25, -0.2) is 0 Å². The van der Waals surface area contributed by atoms with E-state index in [0.717, 1.165) is 77.0 Å². The number of ether oxygens (including phenoxy) is 2. The summed E-state index contributed by atoms with van der Waals surface area (Å²) in [4.78, 5) is 13.1. The van der Waals surface area contributed by atoms with Crippen LogP contribution in [0.4, 0.5) is 0 Å². The second-order valence-electron chi connectivity index (χ2n) is 20.8. The van der Waals surface area contributed by atoms with Crippen molar-refractivity contribution in [2.45, 2.75) is 307 Å². The van der Waals surface area contributed by atoms with Gasteiger partial charge in [-0.05, 0) is 83.5 Å². The maximum Gasteiger partial charge on any atom is 0.220 e. The third-order valence-electron chi connectivity index (χ3n) is 14.0. The molecule has 0 spiro atoms. The van der Waals surface area contributed by atoms with Crippen molar-refractivity contribution in [1.82, 2.24) is 5.32 Å². The second kappa shape index (κ2) is 52.1. The molecule has 7 unspecified atom stereocenters. The average molecular weight is 1010 g/mol. The number of aliphatic hydroxyl groups is 5. The molecule has 418 valence electrons. The Balaban J connectivity index is 2.26. The minimum Gasteiger partial charge on any atom is -0.394 e. The highest BCUT2D eigenvalue weighted by Gasteiger charge is 2.44. The van der Waals surface area contributed by atoms with Crippen molar-refractivity contribution in [3.63, 3.8) is 0 Å². The summed E-state index contributed by atoms with van der Waals surface area (Å²) in [5, 5.41) is 54.5. The van der Waals surface area contributed by atoms with Gasteiger partial charge in [0.05, 0.1) is 25.4 Å². The van der Waals surface area contributed by atoms with E-state index >= 15 is 0 Å². The summed E-state index contributed by atoms with van der Waals surface area (Å²) in [6.07, 6.45) is 65.5. The fraction of sp³-hybridized carbons (Fsp3) is 0.794. The van der Waals surface area contributed by atoms with E-state index in [1.165, 1.54) is 167 Å². The summed E-state index contributed by atoms with van der Waals surface area (Å²) < 4.78 is 11.3. The Bertz CT molecular complexity index is 1360. The highest BCUT2D eigenvalue weighted by molar-refractivity contribution is 5.76. The van der Waals surface area contributed by atoms with Crippen molar-refractivity contribution in [2.24, 2.45) is 0 Å². The monoisotopic (exact) mass is 1010 g/mol. The topological polar surface area (TPSA) is 149 Å². The third kappa shape index (κ3) is 40.9. The number of carbonyl (C=O) groups is 1. The van der Waals surface area contributed by atoms with Crippen LogP contribution in [0.5, 0.6) is 0 Å². The molecule has 0 aromatic rings. The van der Waals surface area contributed by atoms with Gasteiger partial charge in [-0.2, -0.15) is 0 Å². The molecular formula is C63H113NO8. The molecule has 0 saturated carbocycles. The Hall–Kier alpha value is -2.37. The predicted molar refractivity (Wildman–Crippen MR) is 304 cm³/mol. The first-order valence-electron chi connectivity index (χ1n) is 30.2. The highest BCUT2D eigenvalue weighted by Crippen LogP contribution is 2.23. The van der Waals surface area contributed by atoms with Crippen LogP contribution >= 0.6 is 0 Å². The van der Waals surface area contributed by atoms with Crippen LogP contribution in [0, 0.1) is 0 Å². The Morgan fingerprint density at radius 2 is 0.833 bits per heavy atom. The lowest BCUT2D eigenvalue weighted by Gasteiger charge is -2.40. The fourth-order valence-electron chi connectivity index (χ4n) is 9.20. The fourth-order valence-corrected chi connectivity index (χ4v) is 9.20. The molecule has 7 atom stereocenters. The SMILES string of the molecule is CCCCCCC/C=C\C/C=C\C/C=C\CCCCCCCCC(=O)NC(COC1OC(CO)C(O)C(O)C1O)C(O)/C=C/CC/C=C/CC/C=C/CCCCCCCCCCCCCCCCCCCC. The molecule has 1 amide bonds. The molecule has 72 heavy (non-hydrogen) atoms. The number of hydrogen-bond donors (Lipinski definition) is 6. The lowest BCUT2D eigenvalue weighted by molar-refractivity contribution is -0.302. The van der Waals surface area contributed by atoms with Gasteiger partial charge >= 0.3 is 0 Å². The quantitative estimate of drug-likeness (QED) is 0.0261. The number of aliphatic hydroxyl groups excluding tert-OH is 5. The number of carbonyl (C=O) groups excluding carboxylic acids is 1. The van der Waals surface area contributed by atoms with Crippen LogP contribution in [-0.4, -0.2) is 87.5 Å². The van der Waals surface area contributed by atoms with E-state index in [1.54, 1.807) is 6.08 Å². The molecule has 9 nitrogen and oxygen atoms in total. The zero-order chi connectivity index (χ0) is 52.2. The van der Waals surface area contributed by atoms with E-state index in [9.17, 15) is 30.3 Å². The van der Waals surface area contributed by atoms with Crippen molar-refractivity contribution in [1.29, 1.82) is 0 Å². The van der Waals surface area contributed by atoms with Gasteiger partial charge in [0.2, 0.25) is 5.91 Å². The van der Waals surface area contributed by atoms with Gasteiger partial charge in [-0.15, -0.1) is 0 Å². The molecule has 1 saturated heterocycles. The smallest absolute Gasteiger partial charge is 0.220 e. The van der Waals surface area contributed by atoms with Crippen molar-refractivity contribution >= 4 is 5.91 Å². The van der Waals surface area contributed by atoms with E-state index in [2.05, 4.69) is 79.9 Å². The van der Waals surface area contributed by atoms with E-state index in [-0.39, 0.29) is 12.5 Å². The standard InChI is InChI=1S/C63H113NO8/c1-3-5-7-9-11-13-15-17-19-21-23-25-26-27-28-29-30-31-33-34-36-38-40-42-44-46-48-50-52-57(66)56(55-71-63-62(70)61(69)60(68)58(54-65)72-63)64-59(67)53-51-49-47-45-43-41-39-37-35-32-24-22-20-18-16-14-12-10-8-6-4-2/h16,18,22,24,34-37,42,44,50,52,56-58,60-63,65-66,68-70H,3-15,17,19-21,23,25-33,38-41,43,45-49,51,53-55H2,1-2H3,(H,64,67)/b18-16-,24-22-,36-34+,37-35-,44-42+,52-50+. The Kier molecular flexibility index (Phi) is 48.9. The molecule has 1 heterocycles. The van der Waals surface area contributed by atoms with Gasteiger partial charge in [0, 0.05) is 6.42 Å². The van der Waals surface area contributed by atoms with Crippen molar-refractivity contribution < 1.29 is 39.8 Å². The number of allylic oxidation sites excluding steroid dienone is 11. The maximum absolute atomic E-state index is 13.1. The van der Waals surface area contributed by atoms with Crippen LogP contribution in [0.2, 0.25) is 0 Å². The summed E-state index contributed by atoms with van der Waals surface area (Å²) in [7, 11) is 0. The van der Waals surface area contributed by atoms with Crippen LogP contribution in [0.1, 0.15) is 264 Å². The van der Waals surface area contributed by atoms with Gasteiger partial charge in [0.25, 0.3) is 0 Å². The van der Waals surface area contributed by atoms with Gasteiger partial charge in [0.15, 0.2) is 6.29 Å². The molecule has 1 rings (SSSR count). The normalized spacial score (nSPS) is 19.7. The maximum atomic E-state index is 13.1. The Morgan fingerprint density at radius 3 is 1.26 bits per heavy atom. The predicted octanol–water partition coefficient (Wildman–Crippen LogP) is 15.2. The summed E-state index contributed by atoms with van der Waals surface area (Å²) in [6, 6.07) is -0.840. The first-order chi connectivity index (χ1) is 35.3. The largest absolute Gasteiger partial charge is 0.394 e. The second-order valence-corrected chi connectivity index (χ2v) is 20.8. The van der Waals surface area contributed by atoms with Gasteiger partial charge in [-0.3, -0.25) is 4.79 Å². The first-order valence-corrected chi connectivity index (χ1v) is 30.2. The first kappa shape index (κ1) is 67.6. The van der Waals surface area contributed by atoms with Crippen LogP contribution in [0.3, 0.4) is 0 Å². The molecule has 0 aromatic carbocycles. The van der Waals surface area contributed by atoms with Gasteiger partial charge in [0.1, 0.15) is 24.4 Å². The van der Waals surface area contributed by atoms with Crippen molar-refractivity contribution in [3.05, 3.63) is 72.9 Å². The number of hydrogen-bond acceptors (Lipinski definition) is 8. The molecule has 1 aliphatic heterocycles. The molecule has 1 aliphatic rings. The summed E-state index contributed by atoms with van der Waals surface area (Å²) in [5.41, 5.74) is 0. The number of rotatable bonds is 51. The lowest BCUT2D eigenvalue weighted by Crippen LogP contribution is -2.60. The zero-order valence-corrected chi connectivity index (χ0v) is 46.4. The van der Waals surface area contributed by atoms with Crippen LogP contribution in [0.15, 0.2) is 72.9 Å². The lowest BCUT2D eigenvalue weighted by atomic mass is 9.99. The number of amides is 1. The van der Waals surface area contributed by atoms with E-state index < -0.39 is 49.5 Å². The molecule has 1 fully saturated rings. The summed E-state index contributed by atoms with van der Waals surface area (Å²) in [6.45, 7) is 3.75. The van der Waals surface area contributed by atoms with Crippen LogP contribution in [0.25, 0.3) is 0 Å². The summed E-state index contributed by atoms with van der Waals surface area (Å²) >= 11 is 0. The molecule has 0 aromatic heterocycles. The van der Waals surface area contributed by atoms with Crippen LogP contribution in [-0.2, 0) is 14.3 Å². The minimum atomic E-state index is -1.58. The molecule has 0 radical (unpaired) electrons. The molecule has 0 bridgehead atoms. The highest BCUT2D eigenvalue weighted by atomic mass is 16.7. The number of nitrogens with one attached hydrogen (secondary N) is 1. The Labute approximate surface area is 442 Å². The van der Waals surface area contributed by atoms with Crippen molar-refractivity contribution in [2.75, 3.05) is 13.2 Å². The van der Waals surface area contributed by atoms with Crippen molar-refractivity contribution in [3.8, 4) is 0 Å². The molecule has 6 N–H and O–H groups in total. The molecular weight excluding hydrogens is 899 g/mol. The van der Waals surface area contributed by atoms with E-state index in [0.29, 0.717) is 6.42 Å². The molecule has 9 heteroatoms. The van der Waals surface area contributed by atoms with E-state index in [4.69, 9.17) is 9.47 Å². The minimum absolute atomic E-state index is 0.203. The summed E-state index contributed by atoms with van der Waals surface area (Å²) in [5.74, 6) is -0.203. The van der Waals surface area contributed by atoms with E-state index in [1.807, 2.05) is 6.08 Å². The van der Waals surface area contributed by atoms with Gasteiger partial charge < -0.3 is 40.3 Å². The van der Waals surface area contributed by atoms with Gasteiger partial charge in [-0.1, -0.05) is 247 Å². The molecule has 0 aliphatic carbocycles. The third-order valence-corrected chi connectivity index (χ3v) is 14.0.